The lowest BCUT2D eigenvalue weighted by atomic mass is 10.1. The molecule has 1 atom stereocenters. The number of halogens is 2. The van der Waals surface area contributed by atoms with Crippen LogP contribution in [0.1, 0.15) is 45.7 Å². The first-order valence-electron chi connectivity index (χ1n) is 10.3. The van der Waals surface area contributed by atoms with Crippen LogP contribution >= 0.6 is 27.5 Å². The van der Waals surface area contributed by atoms with Gasteiger partial charge in [0.1, 0.15) is 11.8 Å². The van der Waals surface area contributed by atoms with Crippen molar-refractivity contribution in [2.24, 2.45) is 0 Å². The highest BCUT2D eigenvalue weighted by Crippen LogP contribution is 2.26. The maximum Gasteiger partial charge on any atom is 0.261 e. The molecule has 2 aromatic carbocycles. The summed E-state index contributed by atoms with van der Waals surface area (Å²) in [5.41, 5.74) is 1.65. The number of amides is 2. The third-order valence-electron chi connectivity index (χ3n) is 4.69. The molecule has 168 valence electrons. The van der Waals surface area contributed by atoms with Gasteiger partial charge in [-0.25, -0.2) is 0 Å². The summed E-state index contributed by atoms with van der Waals surface area (Å²) < 4.78 is 6.57. The first-order chi connectivity index (χ1) is 14.5. The number of nitrogens with one attached hydrogen (secondary N) is 1. The fraction of sp³-hybridized carbons (Fsp3) is 0.417. The molecule has 1 N–H and O–H groups in total. The van der Waals surface area contributed by atoms with E-state index in [0.717, 1.165) is 16.5 Å². The van der Waals surface area contributed by atoms with Gasteiger partial charge in [-0.15, -0.1) is 0 Å². The van der Waals surface area contributed by atoms with Crippen LogP contribution in [0, 0.1) is 0 Å². The highest BCUT2D eigenvalue weighted by atomic mass is 79.9. The van der Waals surface area contributed by atoms with E-state index in [1.807, 2.05) is 51.1 Å². The number of carbonyl (C=O) groups excluding carboxylic acids is 2. The molecular weight excluding hydrogens is 480 g/mol. The maximum absolute atomic E-state index is 13.1. The molecular formula is C24H30BrClN2O3. The van der Waals surface area contributed by atoms with Crippen molar-refractivity contribution in [1.82, 2.24) is 10.2 Å². The van der Waals surface area contributed by atoms with E-state index in [2.05, 4.69) is 28.2 Å². The fourth-order valence-electron chi connectivity index (χ4n) is 2.95. The molecule has 0 saturated carbocycles. The topological polar surface area (TPSA) is 58.6 Å². The number of nitrogens with zero attached hydrogens (tertiary/aromatic N) is 1. The molecule has 2 aromatic rings. The third-order valence-corrected chi connectivity index (χ3v) is 5.56. The number of hydrogen-bond acceptors (Lipinski definition) is 3. The summed E-state index contributed by atoms with van der Waals surface area (Å²) in [6.07, 6.45) is 0.910. The standard InChI is InChI=1S/C24H30BrClN2O3/c1-6-17-9-12-21(20(25)13-17)31-15-22(29)28(14-18-7-10-19(26)11-8-18)16(2)23(30)27-24(3,4)5/h7-13,16H,6,14-15H2,1-5H3,(H,27,30). The predicted octanol–water partition coefficient (Wildman–Crippen LogP) is 5.38. The SMILES string of the molecule is CCc1ccc(OCC(=O)N(Cc2ccc(Cl)cc2)C(C)C(=O)NC(C)(C)C)c(Br)c1. The van der Waals surface area contributed by atoms with Gasteiger partial charge in [-0.2, -0.15) is 0 Å². The molecule has 0 radical (unpaired) electrons. The van der Waals surface area contributed by atoms with Crippen molar-refractivity contribution in [1.29, 1.82) is 0 Å². The summed E-state index contributed by atoms with van der Waals surface area (Å²) >= 11 is 9.48. The molecule has 0 heterocycles. The molecule has 0 aromatic heterocycles. The van der Waals surface area contributed by atoms with E-state index in [0.29, 0.717) is 10.8 Å². The molecule has 0 aliphatic heterocycles. The van der Waals surface area contributed by atoms with E-state index in [9.17, 15) is 9.59 Å². The lowest BCUT2D eigenvalue weighted by molar-refractivity contribution is -0.142. The van der Waals surface area contributed by atoms with Gasteiger partial charge >= 0.3 is 0 Å². The Kier molecular flexibility index (Phi) is 8.95. The van der Waals surface area contributed by atoms with Crippen LogP contribution < -0.4 is 10.1 Å². The van der Waals surface area contributed by atoms with Crippen LogP contribution in [-0.2, 0) is 22.6 Å². The summed E-state index contributed by atoms with van der Waals surface area (Å²) in [4.78, 5) is 27.4. The van der Waals surface area contributed by atoms with Crippen LogP contribution in [0.3, 0.4) is 0 Å². The molecule has 31 heavy (non-hydrogen) atoms. The summed E-state index contributed by atoms with van der Waals surface area (Å²) in [5, 5.41) is 3.56. The van der Waals surface area contributed by atoms with Crippen molar-refractivity contribution in [2.75, 3.05) is 6.61 Å². The maximum atomic E-state index is 13.1. The summed E-state index contributed by atoms with van der Waals surface area (Å²) in [6, 6.07) is 12.3. The molecule has 0 aliphatic rings. The summed E-state index contributed by atoms with van der Waals surface area (Å²) in [5.74, 6) is 0.0880. The average molecular weight is 510 g/mol. The molecule has 0 saturated heterocycles. The Labute approximate surface area is 198 Å². The quantitative estimate of drug-likeness (QED) is 0.520. The normalized spacial score (nSPS) is 12.2. The Morgan fingerprint density at radius 2 is 1.74 bits per heavy atom. The second-order valence-corrected chi connectivity index (χ2v) is 9.76. The molecule has 2 rings (SSSR count). The molecule has 5 nitrogen and oxygen atoms in total. The Bertz CT molecular complexity index is 910. The minimum atomic E-state index is -0.670. The Morgan fingerprint density at radius 1 is 1.13 bits per heavy atom. The van der Waals surface area contributed by atoms with Crippen LogP contribution in [0.5, 0.6) is 5.75 Å². The van der Waals surface area contributed by atoms with E-state index in [1.165, 1.54) is 10.5 Å². The van der Waals surface area contributed by atoms with E-state index in [4.69, 9.17) is 16.3 Å². The van der Waals surface area contributed by atoms with Gasteiger partial charge in [0.2, 0.25) is 5.91 Å². The van der Waals surface area contributed by atoms with Crippen molar-refractivity contribution >= 4 is 39.3 Å². The van der Waals surface area contributed by atoms with Crippen molar-refractivity contribution in [2.45, 2.75) is 59.2 Å². The number of hydrogen-bond donors (Lipinski definition) is 1. The van der Waals surface area contributed by atoms with Gasteiger partial charge in [0.15, 0.2) is 6.61 Å². The zero-order chi connectivity index (χ0) is 23.2. The van der Waals surface area contributed by atoms with Gasteiger partial charge < -0.3 is 15.0 Å². The van der Waals surface area contributed by atoms with Crippen LogP contribution in [0.4, 0.5) is 0 Å². The fourth-order valence-corrected chi connectivity index (χ4v) is 3.61. The molecule has 7 heteroatoms. The minimum absolute atomic E-state index is 0.176. The van der Waals surface area contributed by atoms with Crippen LogP contribution in [0.25, 0.3) is 0 Å². The lowest BCUT2D eigenvalue weighted by Gasteiger charge is -2.31. The zero-order valence-electron chi connectivity index (χ0n) is 18.7. The smallest absolute Gasteiger partial charge is 0.261 e. The van der Waals surface area contributed by atoms with Crippen molar-refractivity contribution < 1.29 is 14.3 Å². The van der Waals surface area contributed by atoms with Gasteiger partial charge in [0.05, 0.1) is 4.47 Å². The highest BCUT2D eigenvalue weighted by molar-refractivity contribution is 9.10. The first kappa shape index (κ1) is 25.2. The Morgan fingerprint density at radius 3 is 2.29 bits per heavy atom. The highest BCUT2D eigenvalue weighted by Gasteiger charge is 2.28. The van der Waals surface area contributed by atoms with E-state index in [-0.39, 0.29) is 25.0 Å². The summed E-state index contributed by atoms with van der Waals surface area (Å²) in [6.45, 7) is 9.61. The number of carbonyl (C=O) groups is 2. The van der Waals surface area contributed by atoms with Crippen LogP contribution in [0.15, 0.2) is 46.9 Å². The second-order valence-electron chi connectivity index (χ2n) is 8.47. The van der Waals surface area contributed by atoms with Crippen molar-refractivity contribution in [3.05, 3.63) is 63.1 Å². The monoisotopic (exact) mass is 508 g/mol. The largest absolute Gasteiger partial charge is 0.483 e. The van der Waals surface area contributed by atoms with Crippen molar-refractivity contribution in [3.8, 4) is 5.75 Å². The Balaban J connectivity index is 2.18. The molecule has 0 aliphatic carbocycles. The zero-order valence-corrected chi connectivity index (χ0v) is 21.0. The third kappa shape index (κ3) is 7.86. The predicted molar refractivity (Wildman–Crippen MR) is 128 cm³/mol. The van der Waals surface area contributed by atoms with E-state index in [1.54, 1.807) is 19.1 Å². The molecule has 2 amide bonds. The molecule has 0 bridgehead atoms. The second kappa shape index (κ2) is 11.0. The number of benzene rings is 2. The first-order valence-corrected chi connectivity index (χ1v) is 11.4. The lowest BCUT2D eigenvalue weighted by Crippen LogP contribution is -2.53. The van der Waals surface area contributed by atoms with Crippen LogP contribution in [-0.4, -0.2) is 34.9 Å². The number of aryl methyl sites for hydroxylation is 1. The summed E-state index contributed by atoms with van der Waals surface area (Å²) in [7, 11) is 0. The van der Waals surface area contributed by atoms with E-state index >= 15 is 0 Å². The Hall–Kier alpha value is -2.05. The number of rotatable bonds is 8. The molecule has 0 fully saturated rings. The van der Waals surface area contributed by atoms with Crippen molar-refractivity contribution in [3.63, 3.8) is 0 Å². The van der Waals surface area contributed by atoms with Gasteiger partial charge in [0, 0.05) is 17.1 Å². The van der Waals surface area contributed by atoms with Gasteiger partial charge in [-0.05, 0) is 85.4 Å². The van der Waals surface area contributed by atoms with Gasteiger partial charge in [-0.1, -0.05) is 36.7 Å². The van der Waals surface area contributed by atoms with E-state index < -0.39 is 11.6 Å². The average Bonchev–Trinajstić information content (AvgIpc) is 2.70. The van der Waals surface area contributed by atoms with Gasteiger partial charge in [-0.3, -0.25) is 9.59 Å². The molecule has 0 spiro atoms. The van der Waals surface area contributed by atoms with Gasteiger partial charge in [0.25, 0.3) is 5.91 Å². The van der Waals surface area contributed by atoms with Crippen LogP contribution in [0.2, 0.25) is 5.02 Å². The minimum Gasteiger partial charge on any atom is -0.483 e. The number of ether oxygens (including phenoxy) is 1. The molecule has 1 unspecified atom stereocenters.